The van der Waals surface area contributed by atoms with Crippen LogP contribution in [0.15, 0.2) is 0 Å². The molecule has 6 heteroatoms. The number of ether oxygens (including phenoxy) is 2. The van der Waals surface area contributed by atoms with Crippen molar-refractivity contribution in [3.05, 3.63) is 0 Å². The van der Waals surface area contributed by atoms with Crippen LogP contribution in [0.5, 0.6) is 0 Å². The van der Waals surface area contributed by atoms with Gasteiger partial charge < -0.3 is 25.2 Å². The van der Waals surface area contributed by atoms with Gasteiger partial charge in [-0.1, -0.05) is 0 Å². The Kier molecular flexibility index (Phi) is 8.14. The largest absolute Gasteiger partial charge is 0.444 e. The first-order valence-corrected chi connectivity index (χ1v) is 8.19. The number of alkyl carbamates (subject to hydrolysis) is 1. The molecule has 1 rings (SSSR count). The van der Waals surface area contributed by atoms with Crippen LogP contribution in [0.2, 0.25) is 0 Å². The smallest absolute Gasteiger partial charge is 0.407 e. The Balaban J connectivity index is 2.13. The quantitative estimate of drug-likeness (QED) is 0.534. The van der Waals surface area contributed by atoms with Crippen molar-refractivity contribution in [1.29, 1.82) is 0 Å². The lowest BCUT2D eigenvalue weighted by molar-refractivity contribution is 0.0526. The van der Waals surface area contributed by atoms with E-state index in [1.807, 2.05) is 20.8 Å². The summed E-state index contributed by atoms with van der Waals surface area (Å²) >= 11 is 0. The molecule has 1 aliphatic rings. The average molecular weight is 316 g/mol. The number of hydrogen-bond donors (Lipinski definition) is 3. The van der Waals surface area contributed by atoms with Gasteiger partial charge in [-0.05, 0) is 52.4 Å². The van der Waals surface area contributed by atoms with E-state index in [2.05, 4.69) is 10.6 Å². The van der Waals surface area contributed by atoms with E-state index in [1.165, 1.54) is 0 Å². The van der Waals surface area contributed by atoms with E-state index in [4.69, 9.17) is 9.47 Å². The minimum absolute atomic E-state index is 0.193. The summed E-state index contributed by atoms with van der Waals surface area (Å²) in [5, 5.41) is 16.0. The van der Waals surface area contributed by atoms with Crippen LogP contribution in [0.4, 0.5) is 4.79 Å². The molecule has 0 aromatic carbocycles. The van der Waals surface area contributed by atoms with E-state index in [-0.39, 0.29) is 18.2 Å². The van der Waals surface area contributed by atoms with Crippen molar-refractivity contribution in [3.63, 3.8) is 0 Å². The summed E-state index contributed by atoms with van der Waals surface area (Å²) in [6, 6.07) is 0.193. The number of aliphatic hydroxyl groups is 1. The van der Waals surface area contributed by atoms with Crippen molar-refractivity contribution in [2.24, 2.45) is 5.92 Å². The maximum absolute atomic E-state index is 11.5. The van der Waals surface area contributed by atoms with Crippen molar-refractivity contribution in [2.45, 2.75) is 64.2 Å². The highest BCUT2D eigenvalue weighted by atomic mass is 16.6. The number of carbonyl (C=O) groups is 1. The predicted molar refractivity (Wildman–Crippen MR) is 85.9 cm³/mol. The van der Waals surface area contributed by atoms with Crippen molar-refractivity contribution in [1.82, 2.24) is 10.6 Å². The molecule has 0 bridgehead atoms. The van der Waals surface area contributed by atoms with E-state index in [0.717, 1.165) is 25.7 Å². The highest BCUT2D eigenvalue weighted by Gasteiger charge is 2.29. The molecule has 6 nitrogen and oxygen atoms in total. The standard InChI is InChI=1S/C16H32N2O4/c1-16(2,3)22-15(20)17-9-5-6-13(11-21-4)18-10-14(19)12-7-8-12/h12-14,18-19H,5-11H2,1-4H3,(H,17,20). The van der Waals surface area contributed by atoms with E-state index in [0.29, 0.717) is 25.6 Å². The van der Waals surface area contributed by atoms with Gasteiger partial charge >= 0.3 is 6.09 Å². The normalized spacial score (nSPS) is 17.9. The van der Waals surface area contributed by atoms with Crippen LogP contribution in [-0.2, 0) is 9.47 Å². The second kappa shape index (κ2) is 9.33. The van der Waals surface area contributed by atoms with Gasteiger partial charge in [0.05, 0.1) is 12.7 Å². The predicted octanol–water partition coefficient (Wildman–Crippen LogP) is 1.67. The number of methoxy groups -OCH3 is 1. The number of amides is 1. The third kappa shape index (κ3) is 9.23. The lowest BCUT2D eigenvalue weighted by Crippen LogP contribution is -2.40. The molecule has 1 fully saturated rings. The summed E-state index contributed by atoms with van der Waals surface area (Å²) in [6.45, 7) is 7.31. The van der Waals surface area contributed by atoms with E-state index in [9.17, 15) is 9.90 Å². The summed E-state index contributed by atoms with van der Waals surface area (Å²) in [7, 11) is 1.67. The van der Waals surface area contributed by atoms with Crippen LogP contribution >= 0.6 is 0 Å². The zero-order chi connectivity index (χ0) is 16.6. The van der Waals surface area contributed by atoms with Crippen LogP contribution in [0.3, 0.4) is 0 Å². The molecule has 1 amide bonds. The Morgan fingerprint density at radius 3 is 2.59 bits per heavy atom. The molecule has 0 heterocycles. The second-order valence-corrected chi connectivity index (χ2v) is 7.04. The molecule has 0 aromatic heterocycles. The third-order valence-electron chi connectivity index (χ3n) is 3.55. The summed E-state index contributed by atoms with van der Waals surface area (Å²) < 4.78 is 10.4. The molecule has 0 aliphatic heterocycles. The lowest BCUT2D eigenvalue weighted by Gasteiger charge is -2.21. The van der Waals surface area contributed by atoms with Gasteiger partial charge in [0.15, 0.2) is 0 Å². The van der Waals surface area contributed by atoms with Crippen molar-refractivity contribution in [2.75, 3.05) is 26.8 Å². The second-order valence-electron chi connectivity index (χ2n) is 7.04. The zero-order valence-electron chi connectivity index (χ0n) is 14.4. The summed E-state index contributed by atoms with van der Waals surface area (Å²) in [5.74, 6) is 0.476. The summed E-state index contributed by atoms with van der Waals surface area (Å²) in [6.07, 6.45) is 3.35. The number of hydrogen-bond acceptors (Lipinski definition) is 5. The van der Waals surface area contributed by atoms with Gasteiger partial charge in [-0.2, -0.15) is 0 Å². The van der Waals surface area contributed by atoms with Crippen molar-refractivity contribution >= 4 is 6.09 Å². The Hall–Kier alpha value is -0.850. The first kappa shape index (κ1) is 19.2. The lowest BCUT2D eigenvalue weighted by atomic mass is 10.1. The molecule has 0 radical (unpaired) electrons. The fourth-order valence-electron chi connectivity index (χ4n) is 2.23. The van der Waals surface area contributed by atoms with Crippen molar-refractivity contribution < 1.29 is 19.4 Å². The van der Waals surface area contributed by atoms with Gasteiger partial charge in [0, 0.05) is 26.2 Å². The highest BCUT2D eigenvalue weighted by molar-refractivity contribution is 5.67. The molecule has 3 N–H and O–H groups in total. The number of aliphatic hydroxyl groups excluding tert-OH is 1. The maximum Gasteiger partial charge on any atom is 0.407 e. The molecule has 1 saturated carbocycles. The first-order chi connectivity index (χ1) is 10.3. The zero-order valence-corrected chi connectivity index (χ0v) is 14.4. The van der Waals surface area contributed by atoms with Crippen molar-refractivity contribution in [3.8, 4) is 0 Å². The number of nitrogens with one attached hydrogen (secondary N) is 2. The first-order valence-electron chi connectivity index (χ1n) is 8.19. The minimum atomic E-state index is -0.469. The number of rotatable bonds is 10. The van der Waals surface area contributed by atoms with Crippen LogP contribution in [0.1, 0.15) is 46.5 Å². The van der Waals surface area contributed by atoms with Gasteiger partial charge in [-0.25, -0.2) is 4.79 Å². The van der Waals surface area contributed by atoms with Gasteiger partial charge in [0.2, 0.25) is 0 Å². The average Bonchev–Trinajstić information content (AvgIpc) is 3.22. The molecule has 0 spiro atoms. The summed E-state index contributed by atoms with van der Waals surface area (Å²) in [4.78, 5) is 11.5. The molecule has 130 valence electrons. The minimum Gasteiger partial charge on any atom is -0.444 e. The van der Waals surface area contributed by atoms with Crippen LogP contribution < -0.4 is 10.6 Å². The van der Waals surface area contributed by atoms with Gasteiger partial charge in [-0.3, -0.25) is 0 Å². The van der Waals surface area contributed by atoms with Gasteiger partial charge in [-0.15, -0.1) is 0 Å². The SMILES string of the molecule is COCC(CCCNC(=O)OC(C)(C)C)NCC(O)C1CC1. The fraction of sp³-hybridized carbons (Fsp3) is 0.938. The monoisotopic (exact) mass is 316 g/mol. The highest BCUT2D eigenvalue weighted by Crippen LogP contribution is 2.32. The Labute approximate surface area is 133 Å². The van der Waals surface area contributed by atoms with Crippen LogP contribution in [-0.4, -0.2) is 55.8 Å². The fourth-order valence-corrected chi connectivity index (χ4v) is 2.23. The molecule has 2 atom stereocenters. The number of carbonyl (C=O) groups excluding carboxylic acids is 1. The molecule has 0 saturated heterocycles. The topological polar surface area (TPSA) is 79.8 Å². The van der Waals surface area contributed by atoms with E-state index < -0.39 is 5.60 Å². The Bertz CT molecular complexity index is 327. The molecule has 0 aromatic rings. The molecule has 1 aliphatic carbocycles. The van der Waals surface area contributed by atoms with Gasteiger partial charge in [0.25, 0.3) is 0 Å². The summed E-state index contributed by atoms with van der Waals surface area (Å²) in [5.41, 5.74) is -0.469. The third-order valence-corrected chi connectivity index (χ3v) is 3.55. The van der Waals surface area contributed by atoms with Gasteiger partial charge in [0.1, 0.15) is 5.60 Å². The maximum atomic E-state index is 11.5. The van der Waals surface area contributed by atoms with E-state index in [1.54, 1.807) is 7.11 Å². The van der Waals surface area contributed by atoms with E-state index >= 15 is 0 Å². The molecular formula is C16H32N2O4. The van der Waals surface area contributed by atoms with Crippen LogP contribution in [0, 0.1) is 5.92 Å². The molecular weight excluding hydrogens is 284 g/mol. The van der Waals surface area contributed by atoms with Crippen LogP contribution in [0.25, 0.3) is 0 Å². The molecule has 22 heavy (non-hydrogen) atoms. The Morgan fingerprint density at radius 1 is 1.36 bits per heavy atom. The molecule has 2 unspecified atom stereocenters. The Morgan fingerprint density at radius 2 is 2.05 bits per heavy atom.